The van der Waals surface area contributed by atoms with E-state index in [1.54, 1.807) is 36.4 Å². The van der Waals surface area contributed by atoms with Crippen LogP contribution in [0.5, 0.6) is 17.2 Å². The van der Waals surface area contributed by atoms with E-state index in [0.717, 1.165) is 16.7 Å². The number of phenols is 1. The Balaban J connectivity index is 1.75. The van der Waals surface area contributed by atoms with Gasteiger partial charge in [-0.1, -0.05) is 30.8 Å². The second-order valence-electron chi connectivity index (χ2n) is 5.11. The second-order valence-corrected chi connectivity index (χ2v) is 5.11. The lowest BCUT2D eigenvalue weighted by molar-refractivity contribution is 0.464. The fraction of sp³-hybridized carbons (Fsp3) is 0. The number of halogens is 1. The molecule has 114 valence electrons. The van der Waals surface area contributed by atoms with E-state index in [-0.39, 0.29) is 11.6 Å². The average molecular weight is 306 g/mol. The van der Waals surface area contributed by atoms with Gasteiger partial charge in [0.25, 0.3) is 0 Å². The topological polar surface area (TPSA) is 29.5 Å². The summed E-state index contributed by atoms with van der Waals surface area (Å²) in [5.74, 6) is 1.27. The van der Waals surface area contributed by atoms with Crippen LogP contribution in [0.2, 0.25) is 0 Å². The van der Waals surface area contributed by atoms with Gasteiger partial charge in [-0.05, 0) is 65.2 Å². The van der Waals surface area contributed by atoms with Crippen molar-refractivity contribution in [2.24, 2.45) is 0 Å². The highest BCUT2D eigenvalue weighted by Gasteiger charge is 2.04. The molecule has 3 aromatic rings. The van der Waals surface area contributed by atoms with Gasteiger partial charge in [0, 0.05) is 0 Å². The lowest BCUT2D eigenvalue weighted by atomic mass is 10.00. The zero-order valence-electron chi connectivity index (χ0n) is 12.4. The third-order valence-electron chi connectivity index (χ3n) is 3.47. The van der Waals surface area contributed by atoms with Crippen molar-refractivity contribution < 1.29 is 14.2 Å². The zero-order valence-corrected chi connectivity index (χ0v) is 12.4. The quantitative estimate of drug-likeness (QED) is 0.700. The van der Waals surface area contributed by atoms with E-state index in [1.165, 1.54) is 12.1 Å². The number of ether oxygens (including phenoxy) is 1. The molecule has 23 heavy (non-hydrogen) atoms. The van der Waals surface area contributed by atoms with Gasteiger partial charge in [0.05, 0.1) is 0 Å². The zero-order chi connectivity index (χ0) is 16.2. The number of rotatable bonds is 4. The van der Waals surface area contributed by atoms with Crippen LogP contribution in [-0.4, -0.2) is 5.11 Å². The molecule has 3 heteroatoms. The molecule has 0 saturated heterocycles. The van der Waals surface area contributed by atoms with E-state index in [4.69, 9.17) is 4.74 Å². The third kappa shape index (κ3) is 3.58. The molecule has 0 amide bonds. The Morgan fingerprint density at radius 2 is 1.17 bits per heavy atom. The van der Waals surface area contributed by atoms with Gasteiger partial charge < -0.3 is 9.84 Å². The van der Waals surface area contributed by atoms with E-state index in [1.807, 2.05) is 24.3 Å². The van der Waals surface area contributed by atoms with Crippen molar-refractivity contribution in [3.8, 4) is 17.2 Å². The van der Waals surface area contributed by atoms with Crippen LogP contribution in [0.1, 0.15) is 11.1 Å². The molecule has 1 N–H and O–H groups in total. The number of aromatic hydroxyl groups is 1. The molecule has 0 fully saturated rings. The molecule has 0 atom stereocenters. The van der Waals surface area contributed by atoms with Gasteiger partial charge in [0.2, 0.25) is 0 Å². The average Bonchev–Trinajstić information content (AvgIpc) is 2.58. The van der Waals surface area contributed by atoms with E-state index >= 15 is 0 Å². The van der Waals surface area contributed by atoms with Gasteiger partial charge in [-0.25, -0.2) is 4.39 Å². The Morgan fingerprint density at radius 1 is 0.739 bits per heavy atom. The van der Waals surface area contributed by atoms with E-state index in [0.29, 0.717) is 11.5 Å². The molecule has 0 radical (unpaired) electrons. The molecule has 3 rings (SSSR count). The van der Waals surface area contributed by atoms with Gasteiger partial charge in [-0.2, -0.15) is 0 Å². The minimum Gasteiger partial charge on any atom is -0.508 e. The summed E-state index contributed by atoms with van der Waals surface area (Å²) in [5, 5.41) is 9.26. The van der Waals surface area contributed by atoms with Crippen molar-refractivity contribution in [3.63, 3.8) is 0 Å². The Hall–Kier alpha value is -3.07. The largest absolute Gasteiger partial charge is 0.508 e. The summed E-state index contributed by atoms with van der Waals surface area (Å²) >= 11 is 0. The van der Waals surface area contributed by atoms with Crippen molar-refractivity contribution in [2.75, 3.05) is 0 Å². The summed E-state index contributed by atoms with van der Waals surface area (Å²) in [5.41, 5.74) is 2.63. The van der Waals surface area contributed by atoms with Gasteiger partial charge in [-0.3, -0.25) is 0 Å². The van der Waals surface area contributed by atoms with Crippen LogP contribution in [0.3, 0.4) is 0 Å². The number of phenolic OH excluding ortho intramolecular Hbond substituents is 1. The predicted octanol–water partition coefficient (Wildman–Crippen LogP) is 5.39. The highest BCUT2D eigenvalue weighted by atomic mass is 19.1. The Kier molecular flexibility index (Phi) is 4.11. The highest BCUT2D eigenvalue weighted by molar-refractivity contribution is 5.78. The van der Waals surface area contributed by atoms with Gasteiger partial charge >= 0.3 is 0 Å². The van der Waals surface area contributed by atoms with Crippen molar-refractivity contribution >= 4 is 5.57 Å². The van der Waals surface area contributed by atoms with Crippen molar-refractivity contribution in [1.82, 2.24) is 0 Å². The summed E-state index contributed by atoms with van der Waals surface area (Å²) in [6.07, 6.45) is 0. The lowest BCUT2D eigenvalue weighted by Gasteiger charge is -2.09. The summed E-state index contributed by atoms with van der Waals surface area (Å²) in [7, 11) is 0. The van der Waals surface area contributed by atoms with Crippen LogP contribution in [0.25, 0.3) is 5.57 Å². The van der Waals surface area contributed by atoms with Crippen LogP contribution >= 0.6 is 0 Å². The molecule has 0 aromatic heterocycles. The van der Waals surface area contributed by atoms with Crippen molar-refractivity contribution in [3.05, 3.63) is 96.3 Å². The van der Waals surface area contributed by atoms with Crippen molar-refractivity contribution in [1.29, 1.82) is 0 Å². The molecule has 2 nitrogen and oxygen atoms in total. The Morgan fingerprint density at radius 3 is 1.70 bits per heavy atom. The normalized spacial score (nSPS) is 10.3. The lowest BCUT2D eigenvalue weighted by Crippen LogP contribution is -1.88. The first-order chi connectivity index (χ1) is 11.1. The van der Waals surface area contributed by atoms with Crippen molar-refractivity contribution in [2.45, 2.75) is 0 Å². The van der Waals surface area contributed by atoms with Gasteiger partial charge in [-0.15, -0.1) is 0 Å². The molecule has 0 unspecified atom stereocenters. The monoisotopic (exact) mass is 306 g/mol. The van der Waals surface area contributed by atoms with E-state index in [2.05, 4.69) is 6.58 Å². The number of hydrogen-bond donors (Lipinski definition) is 1. The molecule has 0 aliphatic heterocycles. The van der Waals surface area contributed by atoms with E-state index < -0.39 is 0 Å². The molecule has 0 heterocycles. The minimum absolute atomic E-state index is 0.197. The maximum Gasteiger partial charge on any atom is 0.127 e. The second kappa shape index (κ2) is 6.36. The third-order valence-corrected chi connectivity index (χ3v) is 3.47. The minimum atomic E-state index is -0.265. The first kappa shape index (κ1) is 14.9. The maximum atomic E-state index is 13.0. The van der Waals surface area contributed by atoms with Crippen LogP contribution < -0.4 is 4.74 Å². The molecule has 0 saturated carbocycles. The van der Waals surface area contributed by atoms with Crippen LogP contribution in [0, 0.1) is 5.82 Å². The smallest absolute Gasteiger partial charge is 0.127 e. The summed E-state index contributed by atoms with van der Waals surface area (Å²) in [4.78, 5) is 0. The SMILES string of the molecule is C=C(c1ccc(F)cc1)c1ccc(Oc2ccc(O)cc2)cc1. The first-order valence-electron chi connectivity index (χ1n) is 7.14. The maximum absolute atomic E-state index is 13.0. The molecule has 0 bridgehead atoms. The van der Waals surface area contributed by atoms with Crippen LogP contribution in [0.15, 0.2) is 79.4 Å². The fourth-order valence-corrected chi connectivity index (χ4v) is 2.19. The fourth-order valence-electron chi connectivity index (χ4n) is 2.19. The summed E-state index contributed by atoms with van der Waals surface area (Å²) < 4.78 is 18.7. The van der Waals surface area contributed by atoms with Gasteiger partial charge in [0.15, 0.2) is 0 Å². The number of benzene rings is 3. The molecular formula is C20H15FO2. The highest BCUT2D eigenvalue weighted by Crippen LogP contribution is 2.27. The summed E-state index contributed by atoms with van der Waals surface area (Å²) in [6.45, 7) is 4.06. The van der Waals surface area contributed by atoms with Crippen LogP contribution in [-0.2, 0) is 0 Å². The first-order valence-corrected chi connectivity index (χ1v) is 7.14. The Bertz CT molecular complexity index is 804. The van der Waals surface area contributed by atoms with Crippen LogP contribution in [0.4, 0.5) is 4.39 Å². The summed E-state index contributed by atoms with van der Waals surface area (Å²) in [6, 6.07) is 20.3. The Labute approximate surface area is 134 Å². The van der Waals surface area contributed by atoms with E-state index in [9.17, 15) is 9.50 Å². The molecule has 0 aliphatic rings. The molecule has 3 aromatic carbocycles. The number of hydrogen-bond acceptors (Lipinski definition) is 2. The standard InChI is InChI=1S/C20H15FO2/c1-14(15-2-6-17(21)7-3-15)16-4-10-19(11-5-16)23-20-12-8-18(22)9-13-20/h2-13,22H,1H2. The molecule has 0 spiro atoms. The molecular weight excluding hydrogens is 291 g/mol. The predicted molar refractivity (Wildman–Crippen MR) is 89.2 cm³/mol. The molecule has 0 aliphatic carbocycles. The van der Waals surface area contributed by atoms with Gasteiger partial charge in [0.1, 0.15) is 23.1 Å².